The summed E-state index contributed by atoms with van der Waals surface area (Å²) in [5, 5.41) is 2.89. The second-order valence-corrected chi connectivity index (χ2v) is 6.42. The first-order valence-corrected chi connectivity index (χ1v) is 8.19. The Morgan fingerprint density at radius 1 is 1.29 bits per heavy atom. The van der Waals surface area contributed by atoms with E-state index in [0.717, 1.165) is 38.6 Å². The van der Waals surface area contributed by atoms with Crippen LogP contribution in [0.25, 0.3) is 0 Å². The van der Waals surface area contributed by atoms with Gasteiger partial charge in [-0.15, -0.1) is 0 Å². The maximum Gasteiger partial charge on any atom is 0.407 e. The number of ether oxygens (including phenoxy) is 1. The predicted octanol–water partition coefficient (Wildman–Crippen LogP) is 4.00. The van der Waals surface area contributed by atoms with Crippen LogP contribution in [0.5, 0.6) is 0 Å². The zero-order chi connectivity index (χ0) is 16.3. The molecule has 1 unspecified atom stereocenters. The van der Waals surface area contributed by atoms with E-state index in [0.29, 0.717) is 12.5 Å². The molecule has 0 saturated carbocycles. The first kappa shape index (κ1) is 20.0. The Morgan fingerprint density at radius 3 is 2.43 bits per heavy atom. The monoisotopic (exact) mass is 298 g/mol. The molecule has 0 bridgehead atoms. The molecule has 0 aliphatic carbocycles. The number of carbonyl (C=O) groups is 1. The SMILES string of the molecule is CC/C=C(/CCCCN)C(CC)CNC(=O)OC(C)(C)C. The van der Waals surface area contributed by atoms with Gasteiger partial charge in [-0.2, -0.15) is 0 Å². The van der Waals surface area contributed by atoms with E-state index in [9.17, 15) is 4.79 Å². The molecule has 0 rings (SSSR count). The lowest BCUT2D eigenvalue weighted by atomic mass is 9.91. The molecule has 3 N–H and O–H groups in total. The third-order valence-corrected chi connectivity index (χ3v) is 3.29. The van der Waals surface area contributed by atoms with Crippen LogP contribution in [0.3, 0.4) is 0 Å². The number of hydrogen-bond acceptors (Lipinski definition) is 3. The summed E-state index contributed by atoms with van der Waals surface area (Å²) in [4.78, 5) is 11.8. The molecule has 0 spiro atoms. The molecule has 1 amide bonds. The van der Waals surface area contributed by atoms with E-state index in [-0.39, 0.29) is 6.09 Å². The summed E-state index contributed by atoms with van der Waals surface area (Å²) < 4.78 is 5.28. The van der Waals surface area contributed by atoms with Crippen molar-refractivity contribution in [3.8, 4) is 0 Å². The van der Waals surface area contributed by atoms with Crippen molar-refractivity contribution < 1.29 is 9.53 Å². The van der Waals surface area contributed by atoms with Crippen molar-refractivity contribution in [1.29, 1.82) is 0 Å². The van der Waals surface area contributed by atoms with Crippen LogP contribution in [0.1, 0.15) is 66.7 Å². The van der Waals surface area contributed by atoms with Crippen molar-refractivity contribution in [3.05, 3.63) is 11.6 Å². The van der Waals surface area contributed by atoms with E-state index >= 15 is 0 Å². The summed E-state index contributed by atoms with van der Waals surface area (Å²) in [6.07, 6.45) is 7.24. The van der Waals surface area contributed by atoms with Crippen LogP contribution >= 0.6 is 0 Å². The van der Waals surface area contributed by atoms with E-state index in [4.69, 9.17) is 10.5 Å². The number of nitrogens with two attached hydrogens (primary N) is 1. The number of allylic oxidation sites excluding steroid dienone is 1. The van der Waals surface area contributed by atoms with Gasteiger partial charge in [-0.25, -0.2) is 4.79 Å². The Morgan fingerprint density at radius 2 is 1.95 bits per heavy atom. The fourth-order valence-corrected chi connectivity index (χ4v) is 2.27. The summed E-state index contributed by atoms with van der Waals surface area (Å²) in [6, 6.07) is 0. The lowest BCUT2D eigenvalue weighted by Crippen LogP contribution is -2.35. The third kappa shape index (κ3) is 10.4. The Labute approximate surface area is 130 Å². The van der Waals surface area contributed by atoms with Crippen LogP contribution < -0.4 is 11.1 Å². The third-order valence-electron chi connectivity index (χ3n) is 3.29. The molecule has 0 radical (unpaired) electrons. The molecule has 124 valence electrons. The molecule has 0 aliphatic heterocycles. The Kier molecular flexibility index (Phi) is 10.1. The maximum absolute atomic E-state index is 11.8. The van der Waals surface area contributed by atoms with E-state index in [1.165, 1.54) is 5.57 Å². The highest BCUT2D eigenvalue weighted by atomic mass is 16.6. The van der Waals surface area contributed by atoms with Gasteiger partial charge >= 0.3 is 6.09 Å². The highest BCUT2D eigenvalue weighted by molar-refractivity contribution is 5.67. The van der Waals surface area contributed by atoms with Crippen molar-refractivity contribution in [3.63, 3.8) is 0 Å². The number of nitrogens with one attached hydrogen (secondary N) is 1. The molecule has 0 fully saturated rings. The molecule has 4 heteroatoms. The normalized spacial score (nSPS) is 13.9. The molecule has 0 aliphatic rings. The molecule has 0 heterocycles. The van der Waals surface area contributed by atoms with Gasteiger partial charge in [-0.3, -0.25) is 0 Å². The average Bonchev–Trinajstić information content (AvgIpc) is 2.37. The number of unbranched alkanes of at least 4 members (excludes halogenated alkanes) is 1. The van der Waals surface area contributed by atoms with Crippen molar-refractivity contribution >= 4 is 6.09 Å². The Bertz CT molecular complexity index is 319. The number of amides is 1. The van der Waals surface area contributed by atoms with Gasteiger partial charge in [0.05, 0.1) is 0 Å². The van der Waals surface area contributed by atoms with E-state index in [2.05, 4.69) is 25.2 Å². The summed E-state index contributed by atoms with van der Waals surface area (Å²) in [6.45, 7) is 11.3. The summed E-state index contributed by atoms with van der Waals surface area (Å²) in [7, 11) is 0. The zero-order valence-corrected chi connectivity index (χ0v) is 14.5. The predicted molar refractivity (Wildman–Crippen MR) is 89.3 cm³/mol. The largest absolute Gasteiger partial charge is 0.444 e. The zero-order valence-electron chi connectivity index (χ0n) is 14.5. The topological polar surface area (TPSA) is 64.3 Å². The molecule has 1 atom stereocenters. The fraction of sp³-hybridized carbons (Fsp3) is 0.824. The number of rotatable bonds is 9. The molecule has 4 nitrogen and oxygen atoms in total. The first-order chi connectivity index (χ1) is 9.84. The maximum atomic E-state index is 11.8. The minimum Gasteiger partial charge on any atom is -0.444 e. The van der Waals surface area contributed by atoms with Crippen LogP contribution in [0.15, 0.2) is 11.6 Å². The van der Waals surface area contributed by atoms with Crippen molar-refractivity contribution in [2.75, 3.05) is 13.1 Å². The minimum atomic E-state index is -0.449. The van der Waals surface area contributed by atoms with Gasteiger partial charge in [0.2, 0.25) is 0 Å². The molecular weight excluding hydrogens is 264 g/mol. The molecular formula is C17H34N2O2. The van der Waals surface area contributed by atoms with E-state index in [1.54, 1.807) is 0 Å². The lowest BCUT2D eigenvalue weighted by Gasteiger charge is -2.23. The van der Waals surface area contributed by atoms with E-state index < -0.39 is 5.60 Å². The van der Waals surface area contributed by atoms with Gasteiger partial charge in [0.25, 0.3) is 0 Å². The quantitative estimate of drug-likeness (QED) is 0.499. The van der Waals surface area contributed by atoms with Crippen LogP contribution in [-0.2, 0) is 4.74 Å². The number of hydrogen-bond donors (Lipinski definition) is 2. The number of alkyl carbamates (subject to hydrolysis) is 1. The Balaban J connectivity index is 4.44. The van der Waals surface area contributed by atoms with Crippen LogP contribution in [-0.4, -0.2) is 24.8 Å². The van der Waals surface area contributed by atoms with Gasteiger partial charge in [0.15, 0.2) is 0 Å². The number of carbonyl (C=O) groups excluding carboxylic acids is 1. The van der Waals surface area contributed by atoms with Gasteiger partial charge in [0.1, 0.15) is 5.60 Å². The fourth-order valence-electron chi connectivity index (χ4n) is 2.27. The van der Waals surface area contributed by atoms with E-state index in [1.807, 2.05) is 20.8 Å². The van der Waals surface area contributed by atoms with Crippen molar-refractivity contribution in [1.82, 2.24) is 5.32 Å². The van der Waals surface area contributed by atoms with Crippen LogP contribution in [0.4, 0.5) is 4.79 Å². The van der Waals surface area contributed by atoms with Crippen LogP contribution in [0, 0.1) is 5.92 Å². The highest BCUT2D eigenvalue weighted by Gasteiger charge is 2.18. The Hall–Kier alpha value is -1.03. The smallest absolute Gasteiger partial charge is 0.407 e. The van der Waals surface area contributed by atoms with Gasteiger partial charge in [0, 0.05) is 6.54 Å². The highest BCUT2D eigenvalue weighted by Crippen LogP contribution is 2.21. The second kappa shape index (κ2) is 10.7. The lowest BCUT2D eigenvalue weighted by molar-refractivity contribution is 0.0521. The van der Waals surface area contributed by atoms with Crippen molar-refractivity contribution in [2.45, 2.75) is 72.3 Å². The molecule has 0 aromatic heterocycles. The minimum absolute atomic E-state index is 0.334. The molecule has 21 heavy (non-hydrogen) atoms. The first-order valence-electron chi connectivity index (χ1n) is 8.19. The molecule has 0 aromatic carbocycles. The van der Waals surface area contributed by atoms with Gasteiger partial charge < -0.3 is 15.8 Å². The molecule has 0 aromatic rings. The van der Waals surface area contributed by atoms with Crippen LogP contribution in [0.2, 0.25) is 0 Å². The second-order valence-electron chi connectivity index (χ2n) is 6.42. The molecule has 0 saturated heterocycles. The van der Waals surface area contributed by atoms with Gasteiger partial charge in [-0.05, 0) is 65.3 Å². The summed E-state index contributed by atoms with van der Waals surface area (Å²) in [5.41, 5.74) is 6.55. The van der Waals surface area contributed by atoms with Gasteiger partial charge in [-0.1, -0.05) is 25.5 Å². The average molecular weight is 298 g/mol. The van der Waals surface area contributed by atoms with Crippen molar-refractivity contribution in [2.24, 2.45) is 11.7 Å². The summed E-state index contributed by atoms with van der Waals surface area (Å²) in [5.74, 6) is 0.384. The summed E-state index contributed by atoms with van der Waals surface area (Å²) >= 11 is 0. The standard InChI is InChI=1S/C17H34N2O2/c1-6-10-15(11-8-9-12-18)14(7-2)13-19-16(20)21-17(3,4)5/h10,14H,6-9,11-13,18H2,1-5H3,(H,19,20)/b15-10-.